The van der Waals surface area contributed by atoms with Gasteiger partial charge in [-0.1, -0.05) is 12.1 Å². The first-order valence-corrected chi connectivity index (χ1v) is 5.57. The van der Waals surface area contributed by atoms with E-state index in [4.69, 9.17) is 4.42 Å². The van der Waals surface area contributed by atoms with Gasteiger partial charge in [0.15, 0.2) is 11.5 Å². The molecule has 0 aliphatic carbocycles. The highest BCUT2D eigenvalue weighted by molar-refractivity contribution is 5.93. The molecule has 2 aromatic rings. The molecule has 1 heterocycles. The van der Waals surface area contributed by atoms with Crippen molar-refractivity contribution in [2.24, 2.45) is 0 Å². The first-order chi connectivity index (χ1) is 8.25. The van der Waals surface area contributed by atoms with Crippen LogP contribution in [0.4, 0.5) is 4.39 Å². The highest BCUT2D eigenvalue weighted by atomic mass is 19.1. The van der Waals surface area contributed by atoms with Gasteiger partial charge in [0.2, 0.25) is 0 Å². The van der Waals surface area contributed by atoms with Gasteiger partial charge in [-0.25, -0.2) is 4.39 Å². The summed E-state index contributed by atoms with van der Waals surface area (Å²) < 4.78 is 17.7. The van der Waals surface area contributed by atoms with Crippen molar-refractivity contribution in [1.29, 1.82) is 0 Å². The zero-order chi connectivity index (χ0) is 12.1. The first kappa shape index (κ1) is 11.6. The Labute approximate surface area is 99.1 Å². The normalized spacial score (nSPS) is 10.4. The lowest BCUT2D eigenvalue weighted by atomic mass is 10.1. The molecule has 2 rings (SSSR count). The number of furan rings is 1. The van der Waals surface area contributed by atoms with Gasteiger partial charge in [0.25, 0.3) is 0 Å². The highest BCUT2D eigenvalue weighted by Crippen LogP contribution is 2.10. The lowest BCUT2D eigenvalue weighted by Gasteiger charge is -2.00. The van der Waals surface area contributed by atoms with Crippen molar-refractivity contribution in [2.75, 3.05) is 0 Å². The Balaban J connectivity index is 1.80. The number of Topliss-reactive ketones (excluding diaryl/α,β-unsaturated/α-hetero) is 1. The van der Waals surface area contributed by atoms with E-state index in [2.05, 4.69) is 0 Å². The van der Waals surface area contributed by atoms with Crippen molar-refractivity contribution in [3.8, 4) is 0 Å². The molecule has 17 heavy (non-hydrogen) atoms. The standard InChI is InChI=1S/C14H13FO2/c15-12-8-6-11(7-9-12)3-1-4-13(16)14-5-2-10-17-14/h2,5-10H,1,3-4H2. The van der Waals surface area contributed by atoms with Crippen molar-refractivity contribution in [3.63, 3.8) is 0 Å². The topological polar surface area (TPSA) is 30.2 Å². The molecule has 0 radical (unpaired) electrons. The maximum atomic E-state index is 12.7. The number of hydrogen-bond donors (Lipinski definition) is 0. The smallest absolute Gasteiger partial charge is 0.197 e. The Morgan fingerprint density at radius 2 is 1.94 bits per heavy atom. The summed E-state index contributed by atoms with van der Waals surface area (Å²) in [6.45, 7) is 0. The average molecular weight is 232 g/mol. The molecule has 0 amide bonds. The van der Waals surface area contributed by atoms with Crippen LogP contribution in [0.5, 0.6) is 0 Å². The Kier molecular flexibility index (Phi) is 3.70. The minimum absolute atomic E-state index is 0.0112. The fourth-order valence-corrected chi connectivity index (χ4v) is 1.66. The van der Waals surface area contributed by atoms with Gasteiger partial charge < -0.3 is 4.42 Å². The summed E-state index contributed by atoms with van der Waals surface area (Å²) >= 11 is 0. The summed E-state index contributed by atoms with van der Waals surface area (Å²) in [5, 5.41) is 0. The molecule has 0 saturated heterocycles. The Morgan fingerprint density at radius 3 is 2.59 bits per heavy atom. The number of halogens is 1. The van der Waals surface area contributed by atoms with Gasteiger partial charge in [-0.15, -0.1) is 0 Å². The molecule has 0 aliphatic heterocycles. The third-order valence-corrected chi connectivity index (χ3v) is 2.58. The van der Waals surface area contributed by atoms with E-state index in [0.717, 1.165) is 18.4 Å². The second-order valence-electron chi connectivity index (χ2n) is 3.88. The number of carbonyl (C=O) groups is 1. The summed E-state index contributed by atoms with van der Waals surface area (Å²) in [6, 6.07) is 9.72. The van der Waals surface area contributed by atoms with Crippen LogP contribution >= 0.6 is 0 Å². The molecule has 0 fully saturated rings. The molecule has 3 heteroatoms. The second-order valence-corrected chi connectivity index (χ2v) is 3.88. The molecule has 0 unspecified atom stereocenters. The van der Waals surface area contributed by atoms with E-state index in [-0.39, 0.29) is 11.6 Å². The van der Waals surface area contributed by atoms with Gasteiger partial charge in [-0.05, 0) is 42.7 Å². The Hall–Kier alpha value is -1.90. The summed E-state index contributed by atoms with van der Waals surface area (Å²) in [5.74, 6) is 0.182. The highest BCUT2D eigenvalue weighted by Gasteiger charge is 2.07. The molecule has 0 aliphatic rings. The van der Waals surface area contributed by atoms with Crippen LogP contribution in [-0.2, 0) is 6.42 Å². The molecular weight excluding hydrogens is 219 g/mol. The maximum absolute atomic E-state index is 12.7. The fourth-order valence-electron chi connectivity index (χ4n) is 1.66. The lowest BCUT2D eigenvalue weighted by molar-refractivity contribution is 0.0953. The Bertz CT molecular complexity index is 471. The lowest BCUT2D eigenvalue weighted by Crippen LogP contribution is -1.98. The number of ketones is 1. The summed E-state index contributed by atoms with van der Waals surface area (Å²) in [7, 11) is 0. The van der Waals surface area contributed by atoms with E-state index in [1.165, 1.54) is 18.4 Å². The molecule has 0 atom stereocenters. The van der Waals surface area contributed by atoms with Crippen LogP contribution in [0.3, 0.4) is 0 Å². The van der Waals surface area contributed by atoms with E-state index in [1.54, 1.807) is 24.3 Å². The van der Waals surface area contributed by atoms with Crippen molar-refractivity contribution in [1.82, 2.24) is 0 Å². The zero-order valence-electron chi connectivity index (χ0n) is 9.36. The first-order valence-electron chi connectivity index (χ1n) is 5.57. The quantitative estimate of drug-likeness (QED) is 0.737. The largest absolute Gasteiger partial charge is 0.461 e. The van der Waals surface area contributed by atoms with Gasteiger partial charge in [0.05, 0.1) is 6.26 Å². The molecule has 0 bridgehead atoms. The monoisotopic (exact) mass is 232 g/mol. The fraction of sp³-hybridized carbons (Fsp3) is 0.214. The molecular formula is C14H13FO2. The van der Waals surface area contributed by atoms with Crippen LogP contribution in [0.15, 0.2) is 47.1 Å². The van der Waals surface area contributed by atoms with Crippen molar-refractivity contribution in [2.45, 2.75) is 19.3 Å². The molecule has 88 valence electrons. The van der Waals surface area contributed by atoms with Crippen LogP contribution in [0.2, 0.25) is 0 Å². The van der Waals surface area contributed by atoms with Crippen LogP contribution in [0.25, 0.3) is 0 Å². The van der Waals surface area contributed by atoms with Crippen molar-refractivity contribution >= 4 is 5.78 Å². The van der Waals surface area contributed by atoms with Crippen LogP contribution < -0.4 is 0 Å². The van der Waals surface area contributed by atoms with Crippen LogP contribution in [0, 0.1) is 5.82 Å². The van der Waals surface area contributed by atoms with E-state index >= 15 is 0 Å². The summed E-state index contributed by atoms with van der Waals surface area (Å²) in [5.41, 5.74) is 1.04. The van der Waals surface area contributed by atoms with Gasteiger partial charge >= 0.3 is 0 Å². The summed E-state index contributed by atoms with van der Waals surface area (Å²) in [4.78, 5) is 11.6. The van der Waals surface area contributed by atoms with Gasteiger partial charge in [-0.3, -0.25) is 4.79 Å². The summed E-state index contributed by atoms with van der Waals surface area (Å²) in [6.07, 6.45) is 3.45. The van der Waals surface area contributed by atoms with Crippen LogP contribution in [0.1, 0.15) is 29.0 Å². The number of hydrogen-bond acceptors (Lipinski definition) is 2. The third kappa shape index (κ3) is 3.28. The predicted octanol–water partition coefficient (Wildman–Crippen LogP) is 3.62. The van der Waals surface area contributed by atoms with E-state index in [1.807, 2.05) is 0 Å². The molecule has 0 N–H and O–H groups in total. The third-order valence-electron chi connectivity index (χ3n) is 2.58. The Morgan fingerprint density at radius 1 is 1.18 bits per heavy atom. The number of aryl methyl sites for hydroxylation is 1. The predicted molar refractivity (Wildman–Crippen MR) is 62.4 cm³/mol. The maximum Gasteiger partial charge on any atom is 0.197 e. The molecule has 2 nitrogen and oxygen atoms in total. The van der Waals surface area contributed by atoms with Crippen molar-refractivity contribution < 1.29 is 13.6 Å². The average Bonchev–Trinajstić information content (AvgIpc) is 2.85. The second kappa shape index (κ2) is 5.43. The minimum Gasteiger partial charge on any atom is -0.461 e. The zero-order valence-corrected chi connectivity index (χ0v) is 9.36. The van der Waals surface area contributed by atoms with E-state index in [0.29, 0.717) is 12.2 Å². The molecule has 1 aromatic carbocycles. The van der Waals surface area contributed by atoms with Crippen LogP contribution in [-0.4, -0.2) is 5.78 Å². The van der Waals surface area contributed by atoms with Gasteiger partial charge in [-0.2, -0.15) is 0 Å². The SMILES string of the molecule is O=C(CCCc1ccc(F)cc1)c1ccco1. The molecule has 0 spiro atoms. The molecule has 0 saturated carbocycles. The molecule has 1 aromatic heterocycles. The number of carbonyl (C=O) groups excluding carboxylic acids is 1. The van der Waals surface area contributed by atoms with Gasteiger partial charge in [0, 0.05) is 6.42 Å². The minimum atomic E-state index is -0.236. The van der Waals surface area contributed by atoms with Crippen molar-refractivity contribution in [3.05, 3.63) is 59.8 Å². The van der Waals surface area contributed by atoms with E-state index < -0.39 is 0 Å². The van der Waals surface area contributed by atoms with E-state index in [9.17, 15) is 9.18 Å². The number of rotatable bonds is 5. The number of benzene rings is 1. The van der Waals surface area contributed by atoms with Gasteiger partial charge in [0.1, 0.15) is 5.82 Å².